The van der Waals surface area contributed by atoms with Gasteiger partial charge in [-0.3, -0.25) is 10.1 Å². The summed E-state index contributed by atoms with van der Waals surface area (Å²) in [6.45, 7) is 0. The molecule has 25 heavy (non-hydrogen) atoms. The van der Waals surface area contributed by atoms with Crippen molar-refractivity contribution < 1.29 is 14.7 Å². The highest BCUT2D eigenvalue weighted by atomic mass is 32.1. The number of hydrogen-bond acceptors (Lipinski definition) is 4. The lowest BCUT2D eigenvalue weighted by Crippen LogP contribution is -2.13. The molecule has 5 N–H and O–H groups in total. The molecule has 0 saturated carbocycles. The van der Waals surface area contributed by atoms with Crippen molar-refractivity contribution in [1.82, 2.24) is 0 Å². The van der Waals surface area contributed by atoms with Gasteiger partial charge in [0.2, 0.25) is 0 Å². The molecule has 0 unspecified atom stereocenters. The van der Waals surface area contributed by atoms with Crippen molar-refractivity contribution in [1.29, 1.82) is 0 Å². The average Bonchev–Trinajstić information content (AvgIpc) is 3.11. The largest absolute Gasteiger partial charge is 0.465 e. The number of rotatable bonds is 4. The van der Waals surface area contributed by atoms with E-state index in [0.717, 1.165) is 10.4 Å². The third-order valence-corrected chi connectivity index (χ3v) is 4.42. The van der Waals surface area contributed by atoms with Gasteiger partial charge in [0.25, 0.3) is 5.91 Å². The molecule has 0 spiro atoms. The first-order chi connectivity index (χ1) is 12.0. The summed E-state index contributed by atoms with van der Waals surface area (Å²) in [7, 11) is 0. The fourth-order valence-electron chi connectivity index (χ4n) is 2.28. The van der Waals surface area contributed by atoms with E-state index >= 15 is 0 Å². The molecule has 7 heteroatoms. The van der Waals surface area contributed by atoms with Crippen molar-refractivity contribution >= 4 is 40.4 Å². The molecule has 0 bridgehead atoms. The van der Waals surface area contributed by atoms with Crippen LogP contribution in [0.5, 0.6) is 0 Å². The van der Waals surface area contributed by atoms with Crippen LogP contribution in [0.1, 0.15) is 10.4 Å². The number of hydrogen-bond donors (Lipinski definition) is 4. The zero-order valence-electron chi connectivity index (χ0n) is 13.0. The molecule has 126 valence electrons. The molecule has 0 atom stereocenters. The molecule has 0 aliphatic rings. The highest BCUT2D eigenvalue weighted by Gasteiger charge is 2.10. The zero-order valence-corrected chi connectivity index (χ0v) is 13.8. The normalized spacial score (nSPS) is 10.2. The van der Waals surface area contributed by atoms with E-state index in [1.807, 2.05) is 29.6 Å². The maximum atomic E-state index is 12.4. The van der Waals surface area contributed by atoms with Crippen LogP contribution in [0.25, 0.3) is 10.4 Å². The fraction of sp³-hybridized carbons (Fsp3) is 0. The Kier molecular flexibility index (Phi) is 4.67. The first-order valence-corrected chi connectivity index (χ1v) is 8.25. The van der Waals surface area contributed by atoms with Crippen molar-refractivity contribution in [3.05, 3.63) is 65.5 Å². The molecule has 0 radical (unpaired) electrons. The first kappa shape index (κ1) is 16.5. The predicted molar refractivity (Wildman–Crippen MR) is 100 cm³/mol. The molecule has 0 aliphatic heterocycles. The van der Waals surface area contributed by atoms with E-state index < -0.39 is 6.09 Å². The average molecular weight is 353 g/mol. The summed E-state index contributed by atoms with van der Waals surface area (Å²) < 4.78 is 0. The maximum Gasteiger partial charge on any atom is 0.409 e. The number of anilines is 3. The van der Waals surface area contributed by atoms with Crippen LogP contribution < -0.4 is 16.4 Å². The molecule has 2 amide bonds. The number of carbonyl (C=O) groups excluding carboxylic acids is 1. The molecule has 1 heterocycles. The molecule has 0 aliphatic carbocycles. The number of thiophene rings is 1. The quantitative estimate of drug-likeness (QED) is 0.524. The Hall–Kier alpha value is -3.32. The third-order valence-electron chi connectivity index (χ3n) is 3.51. The van der Waals surface area contributed by atoms with Gasteiger partial charge >= 0.3 is 6.09 Å². The number of amides is 2. The predicted octanol–water partition coefficient (Wildman–Crippen LogP) is 4.34. The highest BCUT2D eigenvalue weighted by Crippen LogP contribution is 2.30. The minimum atomic E-state index is -1.16. The smallest absolute Gasteiger partial charge is 0.409 e. The minimum Gasteiger partial charge on any atom is -0.465 e. The second-order valence-electron chi connectivity index (χ2n) is 5.24. The third kappa shape index (κ3) is 3.96. The monoisotopic (exact) mass is 353 g/mol. The first-order valence-electron chi connectivity index (χ1n) is 7.38. The Bertz CT molecular complexity index is 906. The van der Waals surface area contributed by atoms with Crippen LogP contribution in [0, 0.1) is 0 Å². The van der Waals surface area contributed by atoms with Gasteiger partial charge in [-0.15, -0.1) is 11.3 Å². The lowest BCUT2D eigenvalue weighted by molar-refractivity contribution is 0.102. The number of benzene rings is 2. The van der Waals surface area contributed by atoms with Crippen LogP contribution >= 0.6 is 11.3 Å². The summed E-state index contributed by atoms with van der Waals surface area (Å²) >= 11 is 1.60. The van der Waals surface area contributed by atoms with Crippen molar-refractivity contribution in [3.8, 4) is 10.4 Å². The van der Waals surface area contributed by atoms with Crippen molar-refractivity contribution in [2.45, 2.75) is 0 Å². The van der Waals surface area contributed by atoms with E-state index in [-0.39, 0.29) is 5.91 Å². The molecule has 3 aromatic rings. The molecule has 2 aromatic carbocycles. The number of carboxylic acid groups (broad SMARTS) is 1. The van der Waals surface area contributed by atoms with Gasteiger partial charge in [0, 0.05) is 16.1 Å². The lowest BCUT2D eigenvalue weighted by atomic mass is 10.1. The topological polar surface area (TPSA) is 104 Å². The highest BCUT2D eigenvalue weighted by molar-refractivity contribution is 7.13. The fourth-order valence-corrected chi connectivity index (χ4v) is 3.01. The van der Waals surface area contributed by atoms with Crippen LogP contribution in [-0.2, 0) is 0 Å². The number of nitrogen functional groups attached to an aromatic ring is 1. The number of carbonyl (C=O) groups is 2. The van der Waals surface area contributed by atoms with E-state index in [0.29, 0.717) is 22.6 Å². The van der Waals surface area contributed by atoms with Gasteiger partial charge in [0.1, 0.15) is 0 Å². The van der Waals surface area contributed by atoms with Gasteiger partial charge < -0.3 is 16.2 Å². The Morgan fingerprint density at radius 3 is 2.40 bits per heavy atom. The standard InChI is InChI=1S/C18H15N3O3S/c19-14-8-5-12(16-2-1-9-25-16)10-15(14)21-17(22)11-3-6-13(7-4-11)20-18(23)24/h1-10,20H,19H2,(H,21,22)(H,23,24). The van der Waals surface area contributed by atoms with Gasteiger partial charge in [0.05, 0.1) is 11.4 Å². The van der Waals surface area contributed by atoms with E-state index in [2.05, 4.69) is 10.6 Å². The molecule has 0 saturated heterocycles. The summed E-state index contributed by atoms with van der Waals surface area (Å²) in [6.07, 6.45) is -1.16. The SMILES string of the molecule is Nc1ccc(-c2cccs2)cc1NC(=O)c1ccc(NC(=O)O)cc1. The second-order valence-corrected chi connectivity index (χ2v) is 6.19. The second kappa shape index (κ2) is 7.06. The van der Waals surface area contributed by atoms with Gasteiger partial charge in [-0.25, -0.2) is 4.79 Å². The Morgan fingerprint density at radius 1 is 1.00 bits per heavy atom. The van der Waals surface area contributed by atoms with Gasteiger partial charge in [-0.05, 0) is 53.4 Å². The Balaban J connectivity index is 1.78. The van der Waals surface area contributed by atoms with Crippen LogP contribution in [0.3, 0.4) is 0 Å². The van der Waals surface area contributed by atoms with Gasteiger partial charge in [-0.1, -0.05) is 12.1 Å². The van der Waals surface area contributed by atoms with Crippen LogP contribution in [0.2, 0.25) is 0 Å². The van der Waals surface area contributed by atoms with Gasteiger partial charge in [0.15, 0.2) is 0 Å². The number of nitrogens with one attached hydrogen (secondary N) is 2. The Morgan fingerprint density at radius 2 is 1.76 bits per heavy atom. The summed E-state index contributed by atoms with van der Waals surface area (Å²) in [5.74, 6) is -0.322. The molecule has 6 nitrogen and oxygen atoms in total. The number of nitrogens with two attached hydrogens (primary N) is 1. The summed E-state index contributed by atoms with van der Waals surface area (Å²) in [5.41, 5.74) is 8.73. The van der Waals surface area contributed by atoms with E-state index in [1.54, 1.807) is 29.5 Å². The molecule has 1 aromatic heterocycles. The maximum absolute atomic E-state index is 12.4. The zero-order chi connectivity index (χ0) is 17.8. The lowest BCUT2D eigenvalue weighted by Gasteiger charge is -2.10. The van der Waals surface area contributed by atoms with E-state index in [4.69, 9.17) is 10.8 Å². The molecular weight excluding hydrogens is 338 g/mol. The van der Waals surface area contributed by atoms with Crippen molar-refractivity contribution in [2.24, 2.45) is 0 Å². The molecule has 3 rings (SSSR count). The van der Waals surface area contributed by atoms with E-state index in [1.165, 1.54) is 12.1 Å². The van der Waals surface area contributed by atoms with Crippen molar-refractivity contribution in [3.63, 3.8) is 0 Å². The molecular formula is C18H15N3O3S. The van der Waals surface area contributed by atoms with E-state index in [9.17, 15) is 9.59 Å². The van der Waals surface area contributed by atoms with Crippen molar-refractivity contribution in [2.75, 3.05) is 16.4 Å². The summed E-state index contributed by atoms with van der Waals surface area (Å²) in [6, 6.07) is 15.6. The van der Waals surface area contributed by atoms with Crippen LogP contribution in [0.4, 0.5) is 21.9 Å². The van der Waals surface area contributed by atoms with Crippen LogP contribution in [0.15, 0.2) is 60.0 Å². The summed E-state index contributed by atoms with van der Waals surface area (Å²) in [5, 5.41) is 15.7. The van der Waals surface area contributed by atoms with Crippen LogP contribution in [-0.4, -0.2) is 17.1 Å². The summed E-state index contributed by atoms with van der Waals surface area (Å²) in [4.78, 5) is 24.1. The Labute approximate surface area is 147 Å². The minimum absolute atomic E-state index is 0.322. The van der Waals surface area contributed by atoms with Gasteiger partial charge in [-0.2, -0.15) is 0 Å². The molecule has 0 fully saturated rings.